The number of carboxylic acid groups (broad SMARTS) is 1. The van der Waals surface area contributed by atoms with Crippen LogP contribution in [0, 0.1) is 19.8 Å². The molecular weight excluding hydrogens is 292 g/mol. The number of carbonyl (C=O) groups excluding carboxylic acids is 1. The van der Waals surface area contributed by atoms with Gasteiger partial charge in [-0.05, 0) is 51.2 Å². The molecule has 1 aromatic carbocycles. The summed E-state index contributed by atoms with van der Waals surface area (Å²) in [5.41, 5.74) is 3.69. The molecule has 0 saturated carbocycles. The monoisotopic (exact) mass is 318 g/mol. The minimum absolute atomic E-state index is 0.00844. The molecular formula is C18H26N2O3. The van der Waals surface area contributed by atoms with E-state index in [1.165, 1.54) is 16.7 Å². The molecule has 23 heavy (non-hydrogen) atoms. The van der Waals surface area contributed by atoms with Gasteiger partial charge in [0, 0.05) is 19.1 Å². The number of piperidine rings is 1. The van der Waals surface area contributed by atoms with Crippen molar-refractivity contribution in [2.24, 2.45) is 5.92 Å². The Morgan fingerprint density at radius 1 is 1.39 bits per heavy atom. The number of amides is 2. The van der Waals surface area contributed by atoms with E-state index in [0.717, 1.165) is 12.8 Å². The van der Waals surface area contributed by atoms with Crippen LogP contribution < -0.4 is 5.32 Å². The van der Waals surface area contributed by atoms with Gasteiger partial charge < -0.3 is 15.3 Å². The van der Waals surface area contributed by atoms with Crippen LogP contribution in [0.1, 0.15) is 36.5 Å². The minimum atomic E-state index is -0.814. The van der Waals surface area contributed by atoms with E-state index in [-0.39, 0.29) is 12.1 Å². The molecule has 1 heterocycles. The van der Waals surface area contributed by atoms with Gasteiger partial charge in [0.05, 0.1) is 5.92 Å². The van der Waals surface area contributed by atoms with Gasteiger partial charge in [-0.25, -0.2) is 4.79 Å². The summed E-state index contributed by atoms with van der Waals surface area (Å²) >= 11 is 0. The third kappa shape index (κ3) is 4.71. The number of rotatable bonds is 4. The van der Waals surface area contributed by atoms with Crippen molar-refractivity contribution in [2.75, 3.05) is 13.1 Å². The van der Waals surface area contributed by atoms with Gasteiger partial charge in [0.25, 0.3) is 0 Å². The molecule has 2 N–H and O–H groups in total. The van der Waals surface area contributed by atoms with Gasteiger partial charge in [-0.1, -0.05) is 23.8 Å². The Morgan fingerprint density at radius 3 is 2.78 bits per heavy atom. The van der Waals surface area contributed by atoms with Crippen LogP contribution in [0.4, 0.5) is 4.79 Å². The van der Waals surface area contributed by atoms with Gasteiger partial charge in [-0.3, -0.25) is 4.79 Å². The number of carbonyl (C=O) groups is 2. The first-order chi connectivity index (χ1) is 10.9. The second-order valence-electron chi connectivity index (χ2n) is 6.61. The van der Waals surface area contributed by atoms with Crippen molar-refractivity contribution in [3.63, 3.8) is 0 Å². The van der Waals surface area contributed by atoms with Crippen molar-refractivity contribution in [3.05, 3.63) is 34.9 Å². The molecule has 1 aliphatic rings. The van der Waals surface area contributed by atoms with E-state index < -0.39 is 11.9 Å². The molecule has 5 heteroatoms. The van der Waals surface area contributed by atoms with Crippen LogP contribution in [0.2, 0.25) is 0 Å². The van der Waals surface area contributed by atoms with Crippen molar-refractivity contribution in [3.8, 4) is 0 Å². The zero-order chi connectivity index (χ0) is 17.0. The maximum atomic E-state index is 12.3. The van der Waals surface area contributed by atoms with Crippen molar-refractivity contribution in [1.82, 2.24) is 10.2 Å². The summed E-state index contributed by atoms with van der Waals surface area (Å²) in [5.74, 6) is -1.25. The van der Waals surface area contributed by atoms with Crippen molar-refractivity contribution in [2.45, 2.75) is 46.1 Å². The molecule has 5 nitrogen and oxygen atoms in total. The van der Waals surface area contributed by atoms with Crippen molar-refractivity contribution < 1.29 is 14.7 Å². The van der Waals surface area contributed by atoms with Crippen LogP contribution in [0.5, 0.6) is 0 Å². The lowest BCUT2D eigenvalue weighted by molar-refractivity contribution is -0.143. The first-order valence-corrected chi connectivity index (χ1v) is 8.21. The molecule has 1 aliphatic heterocycles. The first kappa shape index (κ1) is 17.3. The van der Waals surface area contributed by atoms with E-state index in [0.29, 0.717) is 19.5 Å². The minimum Gasteiger partial charge on any atom is -0.481 e. The highest BCUT2D eigenvalue weighted by atomic mass is 16.4. The fourth-order valence-electron chi connectivity index (χ4n) is 3.12. The molecule has 1 aromatic rings. The Hall–Kier alpha value is -2.04. The third-order valence-corrected chi connectivity index (χ3v) is 4.45. The summed E-state index contributed by atoms with van der Waals surface area (Å²) in [5, 5.41) is 12.1. The average molecular weight is 318 g/mol. The maximum Gasteiger partial charge on any atom is 0.317 e. The molecule has 0 aromatic heterocycles. The number of likely N-dealkylation sites (tertiary alicyclic amines) is 1. The number of benzene rings is 1. The lowest BCUT2D eigenvalue weighted by atomic mass is 9.98. The van der Waals surface area contributed by atoms with Gasteiger partial charge >= 0.3 is 12.0 Å². The Kier molecular flexibility index (Phi) is 5.64. The predicted molar refractivity (Wildman–Crippen MR) is 89.5 cm³/mol. The number of nitrogens with zero attached hydrogens (tertiary/aromatic N) is 1. The van der Waals surface area contributed by atoms with E-state index >= 15 is 0 Å². The highest BCUT2D eigenvalue weighted by Crippen LogP contribution is 2.17. The Morgan fingerprint density at radius 2 is 2.13 bits per heavy atom. The first-order valence-electron chi connectivity index (χ1n) is 8.21. The summed E-state index contributed by atoms with van der Waals surface area (Å²) in [4.78, 5) is 25.0. The Labute approximate surface area is 137 Å². The molecule has 0 bridgehead atoms. The smallest absolute Gasteiger partial charge is 0.317 e. The van der Waals surface area contributed by atoms with Crippen molar-refractivity contribution >= 4 is 12.0 Å². The average Bonchev–Trinajstić information content (AvgIpc) is 2.50. The van der Waals surface area contributed by atoms with Crippen LogP contribution in [-0.2, 0) is 11.2 Å². The van der Waals surface area contributed by atoms with Crippen LogP contribution in [0.15, 0.2) is 18.2 Å². The summed E-state index contributed by atoms with van der Waals surface area (Å²) in [6.45, 7) is 7.06. The second kappa shape index (κ2) is 7.49. The largest absolute Gasteiger partial charge is 0.481 e. The lowest BCUT2D eigenvalue weighted by Gasteiger charge is -2.31. The number of nitrogens with one attached hydrogen (secondary N) is 1. The van der Waals surface area contributed by atoms with E-state index in [2.05, 4.69) is 37.4 Å². The molecule has 2 amide bonds. The number of carboxylic acids is 1. The number of hydrogen-bond donors (Lipinski definition) is 2. The number of aryl methyl sites for hydroxylation is 2. The molecule has 2 unspecified atom stereocenters. The normalized spacial score (nSPS) is 19.3. The molecule has 0 radical (unpaired) electrons. The van der Waals surface area contributed by atoms with Crippen molar-refractivity contribution in [1.29, 1.82) is 0 Å². The summed E-state index contributed by atoms with van der Waals surface area (Å²) in [6, 6.07) is 6.18. The molecule has 2 rings (SSSR count). The van der Waals surface area contributed by atoms with Gasteiger partial charge in [0.15, 0.2) is 0 Å². The molecule has 126 valence electrons. The van der Waals surface area contributed by atoms with Crippen LogP contribution in [0.3, 0.4) is 0 Å². The fraction of sp³-hybridized carbons (Fsp3) is 0.556. The summed E-state index contributed by atoms with van der Waals surface area (Å²) < 4.78 is 0. The maximum absolute atomic E-state index is 12.3. The van der Waals surface area contributed by atoms with Gasteiger partial charge in [0.2, 0.25) is 0 Å². The predicted octanol–water partition coefficient (Wildman–Crippen LogP) is 2.74. The molecule has 2 atom stereocenters. The number of aliphatic carboxylic acids is 1. The van der Waals surface area contributed by atoms with E-state index in [1.54, 1.807) is 4.90 Å². The fourth-order valence-corrected chi connectivity index (χ4v) is 3.12. The molecule has 0 spiro atoms. The van der Waals surface area contributed by atoms with Gasteiger partial charge in [-0.2, -0.15) is 0 Å². The lowest BCUT2D eigenvalue weighted by Crippen LogP contribution is -2.49. The van der Waals surface area contributed by atoms with E-state index in [4.69, 9.17) is 5.11 Å². The summed E-state index contributed by atoms with van der Waals surface area (Å²) in [7, 11) is 0. The second-order valence-corrected chi connectivity index (χ2v) is 6.61. The Balaban J connectivity index is 1.90. The number of urea groups is 1. The highest BCUT2D eigenvalue weighted by Gasteiger charge is 2.28. The quantitative estimate of drug-likeness (QED) is 0.897. The Bertz CT molecular complexity index is 586. The summed E-state index contributed by atoms with van der Waals surface area (Å²) in [6.07, 6.45) is 2.17. The zero-order valence-electron chi connectivity index (χ0n) is 14.1. The van der Waals surface area contributed by atoms with Crippen LogP contribution >= 0.6 is 0 Å². The zero-order valence-corrected chi connectivity index (χ0v) is 14.1. The standard InChI is InChI=1S/C18H26N2O3/c1-12-6-7-15(13(2)9-12)10-14(3)19-18(23)20-8-4-5-16(11-20)17(21)22/h6-7,9,14,16H,4-5,8,10-11H2,1-3H3,(H,19,23)(H,21,22). The SMILES string of the molecule is Cc1ccc(CC(C)NC(=O)N2CCCC(C(=O)O)C2)c(C)c1. The van der Waals surface area contributed by atoms with Gasteiger partial charge in [0.1, 0.15) is 0 Å². The van der Waals surface area contributed by atoms with Crippen LogP contribution in [0.25, 0.3) is 0 Å². The van der Waals surface area contributed by atoms with Gasteiger partial charge in [-0.15, -0.1) is 0 Å². The van der Waals surface area contributed by atoms with E-state index in [9.17, 15) is 9.59 Å². The molecule has 1 saturated heterocycles. The van der Waals surface area contributed by atoms with E-state index in [1.807, 2.05) is 6.92 Å². The molecule has 1 fully saturated rings. The molecule has 0 aliphatic carbocycles. The topological polar surface area (TPSA) is 69.6 Å². The third-order valence-electron chi connectivity index (χ3n) is 4.45. The highest BCUT2D eigenvalue weighted by molar-refractivity contribution is 5.76. The number of hydrogen-bond acceptors (Lipinski definition) is 2. The van der Waals surface area contributed by atoms with Crippen LogP contribution in [-0.4, -0.2) is 41.1 Å².